The van der Waals surface area contributed by atoms with Crippen LogP contribution in [0.5, 0.6) is 0 Å². The number of halogens is 1. The van der Waals surface area contributed by atoms with Crippen LogP contribution in [-0.2, 0) is 0 Å². The smallest absolute Gasteiger partial charge is 0.0701 e. The van der Waals surface area contributed by atoms with Gasteiger partial charge in [-0.25, -0.2) is 0 Å². The van der Waals surface area contributed by atoms with Crippen LogP contribution in [0.2, 0.25) is 0 Å². The van der Waals surface area contributed by atoms with E-state index in [0.29, 0.717) is 6.04 Å². The molecule has 1 unspecified atom stereocenters. The van der Waals surface area contributed by atoms with Gasteiger partial charge in [0.1, 0.15) is 0 Å². The zero-order valence-electron chi connectivity index (χ0n) is 10.1. The van der Waals surface area contributed by atoms with E-state index in [-0.39, 0.29) is 0 Å². The first-order valence-corrected chi connectivity index (χ1v) is 7.43. The molecule has 3 heteroatoms. The standard InChI is InChI=1S/C13H20BrNS/c1-4-8-15-11(9-10(3)5-2)12-6-7-13(14)16-12/h6-7,11,15H,3-5,8-9H2,1-2H3. The lowest BCUT2D eigenvalue weighted by atomic mass is 10.0. The van der Waals surface area contributed by atoms with Crippen LogP contribution < -0.4 is 5.32 Å². The van der Waals surface area contributed by atoms with Gasteiger partial charge >= 0.3 is 0 Å². The second kappa shape index (κ2) is 7.25. The molecule has 0 amide bonds. The molecule has 0 aliphatic heterocycles. The highest BCUT2D eigenvalue weighted by atomic mass is 79.9. The predicted octanol–water partition coefficient (Wildman–Crippen LogP) is 4.91. The number of nitrogens with one attached hydrogen (secondary N) is 1. The lowest BCUT2D eigenvalue weighted by Crippen LogP contribution is -2.21. The molecule has 1 aromatic heterocycles. The first-order valence-electron chi connectivity index (χ1n) is 5.82. The fourth-order valence-corrected chi connectivity index (χ4v) is 3.04. The maximum Gasteiger partial charge on any atom is 0.0701 e. The number of thiophene rings is 1. The van der Waals surface area contributed by atoms with Crippen LogP contribution in [0.3, 0.4) is 0 Å². The number of hydrogen-bond donors (Lipinski definition) is 1. The van der Waals surface area contributed by atoms with E-state index in [9.17, 15) is 0 Å². The van der Waals surface area contributed by atoms with Gasteiger partial charge in [-0.2, -0.15) is 0 Å². The van der Waals surface area contributed by atoms with Crippen molar-refractivity contribution in [2.45, 2.75) is 39.2 Å². The topological polar surface area (TPSA) is 12.0 Å². The van der Waals surface area contributed by atoms with Gasteiger partial charge in [-0.3, -0.25) is 0 Å². The third-order valence-corrected chi connectivity index (χ3v) is 4.31. The van der Waals surface area contributed by atoms with Gasteiger partial charge in [0.15, 0.2) is 0 Å². The summed E-state index contributed by atoms with van der Waals surface area (Å²) in [5.41, 5.74) is 1.32. The fraction of sp³-hybridized carbons (Fsp3) is 0.538. The van der Waals surface area contributed by atoms with Crippen molar-refractivity contribution in [1.29, 1.82) is 0 Å². The molecule has 0 fully saturated rings. The quantitative estimate of drug-likeness (QED) is 0.706. The summed E-state index contributed by atoms with van der Waals surface area (Å²) in [7, 11) is 0. The normalized spacial score (nSPS) is 12.7. The Bertz CT molecular complexity index is 332. The summed E-state index contributed by atoms with van der Waals surface area (Å²) < 4.78 is 1.20. The van der Waals surface area contributed by atoms with E-state index in [0.717, 1.165) is 19.4 Å². The van der Waals surface area contributed by atoms with Crippen LogP contribution in [0.1, 0.15) is 44.0 Å². The van der Waals surface area contributed by atoms with Gasteiger partial charge in [0.2, 0.25) is 0 Å². The Morgan fingerprint density at radius 2 is 2.25 bits per heavy atom. The summed E-state index contributed by atoms with van der Waals surface area (Å²) >= 11 is 5.33. The van der Waals surface area contributed by atoms with E-state index >= 15 is 0 Å². The fourth-order valence-electron chi connectivity index (χ4n) is 1.54. The first-order chi connectivity index (χ1) is 7.67. The van der Waals surface area contributed by atoms with Gasteiger partial charge in [-0.1, -0.05) is 26.0 Å². The molecule has 1 N–H and O–H groups in total. The van der Waals surface area contributed by atoms with Crippen molar-refractivity contribution in [2.75, 3.05) is 6.54 Å². The minimum Gasteiger partial charge on any atom is -0.309 e. The Balaban J connectivity index is 2.66. The first kappa shape index (κ1) is 13.9. The minimum atomic E-state index is 0.434. The summed E-state index contributed by atoms with van der Waals surface area (Å²) in [6, 6.07) is 4.75. The van der Waals surface area contributed by atoms with Gasteiger partial charge < -0.3 is 5.32 Å². The van der Waals surface area contributed by atoms with E-state index in [4.69, 9.17) is 0 Å². The van der Waals surface area contributed by atoms with E-state index in [2.05, 4.69) is 53.8 Å². The van der Waals surface area contributed by atoms with Gasteiger partial charge in [-0.15, -0.1) is 11.3 Å². The monoisotopic (exact) mass is 301 g/mol. The van der Waals surface area contributed by atoms with Crippen molar-refractivity contribution in [2.24, 2.45) is 0 Å². The lowest BCUT2D eigenvalue weighted by molar-refractivity contribution is 0.531. The average Bonchev–Trinajstić information content (AvgIpc) is 2.70. The Labute approximate surface area is 111 Å². The molecule has 1 heterocycles. The Morgan fingerprint density at radius 1 is 1.50 bits per heavy atom. The summed E-state index contributed by atoms with van der Waals surface area (Å²) in [6.07, 6.45) is 3.28. The zero-order chi connectivity index (χ0) is 12.0. The molecule has 1 aromatic rings. The van der Waals surface area contributed by atoms with Crippen LogP contribution in [0, 0.1) is 0 Å². The number of rotatable bonds is 7. The summed E-state index contributed by atoms with van der Waals surface area (Å²) in [5, 5.41) is 3.59. The largest absolute Gasteiger partial charge is 0.309 e. The Kier molecular flexibility index (Phi) is 6.32. The van der Waals surface area contributed by atoms with Gasteiger partial charge in [0.05, 0.1) is 3.79 Å². The van der Waals surface area contributed by atoms with Crippen molar-refractivity contribution in [3.8, 4) is 0 Å². The Morgan fingerprint density at radius 3 is 2.75 bits per heavy atom. The van der Waals surface area contributed by atoms with Crippen molar-refractivity contribution < 1.29 is 0 Å². The van der Waals surface area contributed by atoms with Crippen molar-refractivity contribution in [1.82, 2.24) is 5.32 Å². The molecular formula is C13H20BrNS. The molecule has 90 valence electrons. The molecule has 0 saturated heterocycles. The number of hydrogen-bond acceptors (Lipinski definition) is 2. The SMILES string of the molecule is C=C(CC)CC(NCCC)c1ccc(Br)s1. The van der Waals surface area contributed by atoms with Gasteiger partial charge in [0.25, 0.3) is 0 Å². The van der Waals surface area contributed by atoms with Gasteiger partial charge in [-0.05, 0) is 53.9 Å². The molecule has 1 nitrogen and oxygen atoms in total. The maximum absolute atomic E-state index is 4.11. The highest BCUT2D eigenvalue weighted by Gasteiger charge is 2.13. The molecule has 0 bridgehead atoms. The van der Waals surface area contributed by atoms with Gasteiger partial charge in [0, 0.05) is 10.9 Å². The minimum absolute atomic E-state index is 0.434. The van der Waals surface area contributed by atoms with Crippen LogP contribution in [0.15, 0.2) is 28.1 Å². The van der Waals surface area contributed by atoms with Crippen LogP contribution >= 0.6 is 27.3 Å². The predicted molar refractivity (Wildman–Crippen MR) is 77.1 cm³/mol. The van der Waals surface area contributed by atoms with Crippen molar-refractivity contribution in [3.05, 3.63) is 32.9 Å². The molecule has 16 heavy (non-hydrogen) atoms. The van der Waals surface area contributed by atoms with Crippen LogP contribution in [0.4, 0.5) is 0 Å². The van der Waals surface area contributed by atoms with Crippen LogP contribution in [-0.4, -0.2) is 6.54 Å². The molecular weight excluding hydrogens is 282 g/mol. The summed E-state index contributed by atoms with van der Waals surface area (Å²) in [5.74, 6) is 0. The van der Waals surface area contributed by atoms with E-state index in [1.54, 1.807) is 0 Å². The molecule has 0 saturated carbocycles. The Hall–Kier alpha value is -0.120. The molecule has 0 aliphatic carbocycles. The maximum atomic E-state index is 4.11. The zero-order valence-corrected chi connectivity index (χ0v) is 12.5. The molecule has 0 spiro atoms. The molecule has 1 atom stereocenters. The average molecular weight is 302 g/mol. The summed E-state index contributed by atoms with van der Waals surface area (Å²) in [4.78, 5) is 1.40. The lowest BCUT2D eigenvalue weighted by Gasteiger charge is -2.17. The molecule has 0 aliphatic rings. The van der Waals surface area contributed by atoms with E-state index in [1.807, 2.05) is 11.3 Å². The molecule has 0 radical (unpaired) electrons. The second-order valence-electron chi connectivity index (χ2n) is 3.96. The molecule has 0 aromatic carbocycles. The third-order valence-electron chi connectivity index (χ3n) is 2.57. The van der Waals surface area contributed by atoms with E-state index < -0.39 is 0 Å². The van der Waals surface area contributed by atoms with Crippen LogP contribution in [0.25, 0.3) is 0 Å². The summed E-state index contributed by atoms with van der Waals surface area (Å²) in [6.45, 7) is 9.54. The highest BCUT2D eigenvalue weighted by molar-refractivity contribution is 9.11. The third kappa shape index (κ3) is 4.40. The molecule has 1 rings (SSSR count). The second-order valence-corrected chi connectivity index (χ2v) is 6.45. The van der Waals surface area contributed by atoms with E-state index in [1.165, 1.54) is 20.7 Å². The van der Waals surface area contributed by atoms with Crippen molar-refractivity contribution >= 4 is 27.3 Å². The highest BCUT2D eigenvalue weighted by Crippen LogP contribution is 2.30. The van der Waals surface area contributed by atoms with Crippen molar-refractivity contribution in [3.63, 3.8) is 0 Å².